The minimum Gasteiger partial charge on any atom is -0.497 e. The lowest BCUT2D eigenvalue weighted by Crippen LogP contribution is -2.37. The average molecular weight is 369 g/mol. The number of benzene rings is 2. The van der Waals surface area contributed by atoms with E-state index in [1.165, 1.54) is 6.92 Å². The van der Waals surface area contributed by atoms with Crippen LogP contribution in [0.15, 0.2) is 42.5 Å². The van der Waals surface area contributed by atoms with E-state index in [1.807, 2.05) is 24.3 Å². The van der Waals surface area contributed by atoms with E-state index in [9.17, 15) is 9.59 Å². The highest BCUT2D eigenvalue weighted by Gasteiger charge is 2.22. The van der Waals surface area contributed by atoms with Gasteiger partial charge in [0.1, 0.15) is 11.5 Å². The van der Waals surface area contributed by atoms with E-state index in [-0.39, 0.29) is 23.5 Å². The number of hydrogen-bond acceptors (Lipinski definition) is 4. The van der Waals surface area contributed by atoms with E-state index >= 15 is 0 Å². The molecule has 5 nitrogen and oxygen atoms in total. The number of nitrogens with one attached hydrogen (secondary N) is 1. The topological polar surface area (TPSA) is 64.6 Å². The van der Waals surface area contributed by atoms with Crippen molar-refractivity contribution < 1.29 is 19.1 Å². The Kier molecular flexibility index (Phi) is 6.61. The molecule has 2 aromatic carbocycles. The number of ketones is 1. The predicted octanol–water partition coefficient (Wildman–Crippen LogP) is 3.54. The van der Waals surface area contributed by atoms with Crippen LogP contribution in [0.4, 0.5) is 0 Å². The Morgan fingerprint density at radius 1 is 1.00 bits per heavy atom. The van der Waals surface area contributed by atoms with Crippen LogP contribution in [0.25, 0.3) is 0 Å². The lowest BCUT2D eigenvalue weighted by atomic mass is 9.84. The first-order valence-corrected chi connectivity index (χ1v) is 8.86. The number of carbonyl (C=O) groups excluding carboxylic acids is 2. The molecule has 0 saturated heterocycles. The molecular weight excluding hydrogens is 342 g/mol. The molecule has 0 bridgehead atoms. The molecule has 0 radical (unpaired) electrons. The summed E-state index contributed by atoms with van der Waals surface area (Å²) >= 11 is 0. The van der Waals surface area contributed by atoms with Gasteiger partial charge in [0.25, 0.3) is 0 Å². The molecule has 27 heavy (non-hydrogen) atoms. The maximum atomic E-state index is 12.5. The quantitative estimate of drug-likeness (QED) is 0.723. The molecular formula is C22H27NO4. The fourth-order valence-electron chi connectivity index (χ4n) is 2.84. The molecule has 0 aromatic heterocycles. The number of ether oxygens (including phenoxy) is 2. The van der Waals surface area contributed by atoms with Gasteiger partial charge in [-0.05, 0) is 42.8 Å². The monoisotopic (exact) mass is 369 g/mol. The molecule has 2 aromatic rings. The lowest BCUT2D eigenvalue weighted by molar-refractivity contribution is -0.120. The van der Waals surface area contributed by atoms with Crippen LogP contribution in [0.5, 0.6) is 11.5 Å². The fourth-order valence-corrected chi connectivity index (χ4v) is 2.84. The highest BCUT2D eigenvalue weighted by molar-refractivity contribution is 5.94. The Morgan fingerprint density at radius 3 is 2.22 bits per heavy atom. The van der Waals surface area contributed by atoms with Crippen LogP contribution in [0.2, 0.25) is 0 Å². The highest BCUT2D eigenvalue weighted by atomic mass is 16.5. The molecule has 0 spiro atoms. The second-order valence-electron chi connectivity index (χ2n) is 7.15. The minimum absolute atomic E-state index is 0.0417. The maximum Gasteiger partial charge on any atom is 0.224 e. The number of Topliss-reactive ketones (excluding diaryl/α,β-unsaturated/α-hetero) is 1. The predicted molar refractivity (Wildman–Crippen MR) is 106 cm³/mol. The van der Waals surface area contributed by atoms with Crippen molar-refractivity contribution in [2.24, 2.45) is 0 Å². The standard InChI is InChI=1S/C22H27NO4/c1-15(24)16-6-11-20(27-5)17(12-16)13-21(25)23-14-22(2,3)18-7-9-19(26-4)10-8-18/h6-12H,13-14H2,1-5H3,(H,23,25). The fraction of sp³-hybridized carbons (Fsp3) is 0.364. The van der Waals surface area contributed by atoms with Gasteiger partial charge in [0.15, 0.2) is 5.78 Å². The van der Waals surface area contributed by atoms with Gasteiger partial charge in [-0.25, -0.2) is 0 Å². The maximum absolute atomic E-state index is 12.5. The third-order valence-electron chi connectivity index (χ3n) is 4.64. The van der Waals surface area contributed by atoms with Gasteiger partial charge in [-0.1, -0.05) is 26.0 Å². The van der Waals surface area contributed by atoms with Gasteiger partial charge in [-0.2, -0.15) is 0 Å². The molecule has 0 saturated carbocycles. The minimum atomic E-state index is -0.229. The van der Waals surface area contributed by atoms with Gasteiger partial charge in [0, 0.05) is 23.1 Å². The molecule has 5 heteroatoms. The second-order valence-corrected chi connectivity index (χ2v) is 7.15. The van der Waals surface area contributed by atoms with Crippen molar-refractivity contribution in [2.75, 3.05) is 20.8 Å². The Balaban J connectivity index is 2.04. The van der Waals surface area contributed by atoms with Gasteiger partial charge in [0.05, 0.1) is 20.6 Å². The summed E-state index contributed by atoms with van der Waals surface area (Å²) < 4.78 is 10.5. The van der Waals surface area contributed by atoms with Crippen LogP contribution in [0, 0.1) is 0 Å². The van der Waals surface area contributed by atoms with Crippen molar-refractivity contribution in [3.8, 4) is 11.5 Å². The van der Waals surface area contributed by atoms with E-state index in [0.717, 1.165) is 11.3 Å². The van der Waals surface area contributed by atoms with Crippen molar-refractivity contribution in [3.63, 3.8) is 0 Å². The first kappa shape index (κ1) is 20.5. The molecule has 0 fully saturated rings. The number of carbonyl (C=O) groups is 2. The van der Waals surface area contributed by atoms with Crippen LogP contribution in [0.3, 0.4) is 0 Å². The second kappa shape index (κ2) is 8.71. The van der Waals surface area contributed by atoms with Crippen LogP contribution < -0.4 is 14.8 Å². The van der Waals surface area contributed by atoms with Crippen molar-refractivity contribution in [3.05, 3.63) is 59.2 Å². The summed E-state index contributed by atoms with van der Waals surface area (Å²) in [6.07, 6.45) is 0.156. The van der Waals surface area contributed by atoms with E-state index in [0.29, 0.717) is 23.4 Å². The molecule has 0 aliphatic rings. The Labute approximate surface area is 160 Å². The van der Waals surface area contributed by atoms with Crippen LogP contribution in [0.1, 0.15) is 42.3 Å². The van der Waals surface area contributed by atoms with Gasteiger partial charge < -0.3 is 14.8 Å². The third kappa shape index (κ3) is 5.33. The first-order chi connectivity index (χ1) is 12.8. The summed E-state index contributed by atoms with van der Waals surface area (Å²) in [5, 5.41) is 2.99. The van der Waals surface area contributed by atoms with Gasteiger partial charge >= 0.3 is 0 Å². The van der Waals surface area contributed by atoms with E-state index in [2.05, 4.69) is 19.2 Å². The molecule has 2 rings (SSSR count). The Bertz CT molecular complexity index is 810. The largest absolute Gasteiger partial charge is 0.497 e. The number of hydrogen-bond donors (Lipinski definition) is 1. The molecule has 0 heterocycles. The van der Waals surface area contributed by atoms with Crippen molar-refractivity contribution in [2.45, 2.75) is 32.6 Å². The summed E-state index contributed by atoms with van der Waals surface area (Å²) in [5.41, 5.74) is 2.15. The molecule has 0 atom stereocenters. The Hall–Kier alpha value is -2.82. The van der Waals surface area contributed by atoms with Crippen LogP contribution in [-0.2, 0) is 16.6 Å². The zero-order valence-electron chi connectivity index (χ0n) is 16.6. The average Bonchev–Trinajstić information content (AvgIpc) is 2.66. The summed E-state index contributed by atoms with van der Waals surface area (Å²) in [7, 11) is 3.19. The molecule has 1 N–H and O–H groups in total. The van der Waals surface area contributed by atoms with Gasteiger partial charge in [-0.3, -0.25) is 9.59 Å². The van der Waals surface area contributed by atoms with Crippen molar-refractivity contribution in [1.82, 2.24) is 5.32 Å². The zero-order chi connectivity index (χ0) is 20.0. The van der Waals surface area contributed by atoms with Crippen LogP contribution in [-0.4, -0.2) is 32.5 Å². The third-order valence-corrected chi connectivity index (χ3v) is 4.64. The van der Waals surface area contributed by atoms with E-state index in [4.69, 9.17) is 9.47 Å². The smallest absolute Gasteiger partial charge is 0.224 e. The summed E-state index contributed by atoms with van der Waals surface area (Å²) in [5.74, 6) is 1.25. The summed E-state index contributed by atoms with van der Waals surface area (Å²) in [6, 6.07) is 13.0. The van der Waals surface area contributed by atoms with E-state index < -0.39 is 0 Å². The summed E-state index contributed by atoms with van der Waals surface area (Å²) in [6.45, 7) is 6.15. The number of amides is 1. The molecule has 0 aliphatic carbocycles. The first-order valence-electron chi connectivity index (χ1n) is 8.86. The Morgan fingerprint density at radius 2 is 1.67 bits per heavy atom. The molecule has 1 amide bonds. The van der Waals surface area contributed by atoms with E-state index in [1.54, 1.807) is 32.4 Å². The zero-order valence-corrected chi connectivity index (χ0v) is 16.6. The lowest BCUT2D eigenvalue weighted by Gasteiger charge is -2.26. The number of methoxy groups -OCH3 is 2. The normalized spacial score (nSPS) is 11.0. The van der Waals surface area contributed by atoms with Crippen molar-refractivity contribution in [1.29, 1.82) is 0 Å². The van der Waals surface area contributed by atoms with Crippen molar-refractivity contribution >= 4 is 11.7 Å². The van der Waals surface area contributed by atoms with Gasteiger partial charge in [0.2, 0.25) is 5.91 Å². The molecule has 0 aliphatic heterocycles. The molecule has 0 unspecified atom stereocenters. The highest BCUT2D eigenvalue weighted by Crippen LogP contribution is 2.25. The molecule has 144 valence electrons. The SMILES string of the molecule is COc1ccc(C(C)(C)CNC(=O)Cc2cc(C(C)=O)ccc2OC)cc1. The van der Waals surface area contributed by atoms with Gasteiger partial charge in [-0.15, -0.1) is 0 Å². The summed E-state index contributed by atoms with van der Waals surface area (Å²) in [4.78, 5) is 24.1. The number of rotatable bonds is 8. The van der Waals surface area contributed by atoms with Crippen LogP contribution >= 0.6 is 0 Å².